The molecule has 1 heterocycles. The van der Waals surface area contributed by atoms with Crippen molar-refractivity contribution in [2.24, 2.45) is 0 Å². The SMILES string of the molecule is COc1cc2ncc(C#N)c(Nc3ccc(O)cc3O)c2cc1OC. The lowest BCUT2D eigenvalue weighted by molar-refractivity contribution is 0.356. The van der Waals surface area contributed by atoms with Gasteiger partial charge in [-0.05, 0) is 18.2 Å². The Morgan fingerprint density at radius 2 is 1.80 bits per heavy atom. The number of pyridine rings is 1. The number of rotatable bonds is 4. The molecule has 0 bridgehead atoms. The van der Waals surface area contributed by atoms with Crippen molar-refractivity contribution < 1.29 is 19.7 Å². The molecule has 7 heteroatoms. The van der Waals surface area contributed by atoms with Crippen LogP contribution in [0.1, 0.15) is 5.56 Å². The molecule has 0 aliphatic carbocycles. The number of phenolic OH excluding ortho intramolecular Hbond substituents is 2. The second-order valence-electron chi connectivity index (χ2n) is 5.21. The third kappa shape index (κ3) is 2.93. The Balaban J connectivity index is 2.22. The standard InChI is InChI=1S/C18H15N3O4/c1-24-16-6-12-14(7-17(16)25-2)20-9-10(8-19)18(12)21-13-4-3-11(22)5-15(13)23/h3-7,9,22-23H,1-2H3,(H,20,21). The van der Waals surface area contributed by atoms with Crippen molar-refractivity contribution in [3.05, 3.63) is 42.1 Å². The maximum absolute atomic E-state index is 10.0. The molecule has 25 heavy (non-hydrogen) atoms. The van der Waals surface area contributed by atoms with Crippen LogP contribution in [0.3, 0.4) is 0 Å². The van der Waals surface area contributed by atoms with Crippen LogP contribution in [0.15, 0.2) is 36.5 Å². The quantitative estimate of drug-likeness (QED) is 0.495. The van der Waals surface area contributed by atoms with Gasteiger partial charge < -0.3 is 25.0 Å². The fraction of sp³-hybridized carbons (Fsp3) is 0.111. The highest BCUT2D eigenvalue weighted by Crippen LogP contribution is 2.38. The summed E-state index contributed by atoms with van der Waals surface area (Å²) in [5.41, 5.74) is 1.70. The maximum Gasteiger partial charge on any atom is 0.162 e. The fourth-order valence-corrected chi connectivity index (χ4v) is 2.50. The molecule has 0 aliphatic rings. The molecule has 7 nitrogen and oxygen atoms in total. The van der Waals surface area contributed by atoms with Crippen molar-refractivity contribution in [3.8, 4) is 29.1 Å². The number of benzene rings is 2. The Morgan fingerprint density at radius 3 is 2.44 bits per heavy atom. The third-order valence-corrected chi connectivity index (χ3v) is 3.73. The number of nitrogens with one attached hydrogen (secondary N) is 1. The van der Waals surface area contributed by atoms with Crippen molar-refractivity contribution in [1.29, 1.82) is 5.26 Å². The summed E-state index contributed by atoms with van der Waals surface area (Å²) in [5, 5.41) is 32.5. The van der Waals surface area contributed by atoms with Crippen molar-refractivity contribution >= 4 is 22.3 Å². The fourth-order valence-electron chi connectivity index (χ4n) is 2.50. The van der Waals surface area contributed by atoms with E-state index in [1.807, 2.05) is 0 Å². The predicted octanol–water partition coefficient (Wildman–Crippen LogP) is 3.28. The molecule has 3 aromatic rings. The molecule has 0 aliphatic heterocycles. The summed E-state index contributed by atoms with van der Waals surface area (Å²) in [5.74, 6) is 0.805. The van der Waals surface area contributed by atoms with Crippen LogP contribution in [0.5, 0.6) is 23.0 Å². The minimum atomic E-state index is -0.144. The molecular formula is C18H15N3O4. The van der Waals surface area contributed by atoms with Crippen LogP contribution in [0.4, 0.5) is 11.4 Å². The van der Waals surface area contributed by atoms with Crippen LogP contribution in [-0.4, -0.2) is 29.4 Å². The van der Waals surface area contributed by atoms with Crippen LogP contribution < -0.4 is 14.8 Å². The second kappa shape index (κ2) is 6.45. The van der Waals surface area contributed by atoms with E-state index in [1.165, 1.54) is 38.6 Å². The highest BCUT2D eigenvalue weighted by atomic mass is 16.5. The van der Waals surface area contributed by atoms with Crippen molar-refractivity contribution in [3.63, 3.8) is 0 Å². The lowest BCUT2D eigenvalue weighted by Gasteiger charge is -2.15. The molecule has 0 fully saturated rings. The molecule has 0 unspecified atom stereocenters. The first-order valence-corrected chi connectivity index (χ1v) is 7.31. The number of nitrogens with zero attached hydrogens (tertiary/aromatic N) is 2. The van der Waals surface area contributed by atoms with E-state index in [9.17, 15) is 15.5 Å². The average Bonchev–Trinajstić information content (AvgIpc) is 2.62. The van der Waals surface area contributed by atoms with Crippen molar-refractivity contribution in [1.82, 2.24) is 4.98 Å². The molecule has 1 aromatic heterocycles. The molecule has 3 N–H and O–H groups in total. The summed E-state index contributed by atoms with van der Waals surface area (Å²) in [6, 6.07) is 9.65. The Bertz CT molecular complexity index is 996. The molecule has 0 spiro atoms. The van der Waals surface area contributed by atoms with E-state index in [2.05, 4.69) is 16.4 Å². The molecule has 0 amide bonds. The van der Waals surface area contributed by atoms with Gasteiger partial charge in [0.25, 0.3) is 0 Å². The zero-order valence-electron chi connectivity index (χ0n) is 13.6. The number of anilines is 2. The van der Waals surface area contributed by atoms with Gasteiger partial charge in [-0.3, -0.25) is 4.98 Å². The highest BCUT2D eigenvalue weighted by Gasteiger charge is 2.15. The first-order valence-electron chi connectivity index (χ1n) is 7.31. The summed E-state index contributed by atoms with van der Waals surface area (Å²) in [6.45, 7) is 0. The zero-order chi connectivity index (χ0) is 18.0. The minimum absolute atomic E-state index is 0.0606. The largest absolute Gasteiger partial charge is 0.508 e. The predicted molar refractivity (Wildman–Crippen MR) is 92.6 cm³/mol. The number of hydrogen-bond donors (Lipinski definition) is 3. The van der Waals surface area contributed by atoms with Gasteiger partial charge in [0, 0.05) is 23.7 Å². The molecule has 0 atom stereocenters. The Morgan fingerprint density at radius 1 is 1.08 bits per heavy atom. The summed E-state index contributed by atoms with van der Waals surface area (Å²) >= 11 is 0. The number of ether oxygens (including phenoxy) is 2. The Labute approximate surface area is 143 Å². The lowest BCUT2D eigenvalue weighted by Crippen LogP contribution is -1.98. The summed E-state index contributed by atoms with van der Waals surface area (Å²) in [7, 11) is 3.05. The van der Waals surface area contributed by atoms with Crippen LogP contribution in [0.25, 0.3) is 10.9 Å². The van der Waals surface area contributed by atoms with Gasteiger partial charge >= 0.3 is 0 Å². The van der Waals surface area contributed by atoms with Crippen LogP contribution in [0.2, 0.25) is 0 Å². The monoisotopic (exact) mass is 337 g/mol. The van der Waals surface area contributed by atoms with Crippen LogP contribution in [0, 0.1) is 11.3 Å². The highest BCUT2D eigenvalue weighted by molar-refractivity contribution is 5.98. The van der Waals surface area contributed by atoms with E-state index < -0.39 is 0 Å². The van der Waals surface area contributed by atoms with E-state index in [0.717, 1.165) is 0 Å². The van der Waals surface area contributed by atoms with Gasteiger partial charge in [-0.25, -0.2) is 0 Å². The van der Waals surface area contributed by atoms with Crippen molar-refractivity contribution in [2.45, 2.75) is 0 Å². The molecule has 3 rings (SSSR count). The molecule has 0 radical (unpaired) electrons. The van der Waals surface area contributed by atoms with Gasteiger partial charge in [0.1, 0.15) is 17.6 Å². The first-order chi connectivity index (χ1) is 12.1. The number of aromatic nitrogens is 1. The van der Waals surface area contributed by atoms with Gasteiger partial charge in [0.15, 0.2) is 11.5 Å². The number of aromatic hydroxyl groups is 2. The second-order valence-corrected chi connectivity index (χ2v) is 5.21. The van der Waals surface area contributed by atoms with Crippen molar-refractivity contribution in [2.75, 3.05) is 19.5 Å². The molecule has 2 aromatic carbocycles. The normalized spacial score (nSPS) is 10.3. The van der Waals surface area contributed by atoms with Gasteiger partial charge in [-0.2, -0.15) is 5.26 Å². The Hall–Kier alpha value is -3.66. The molecule has 126 valence electrons. The van der Waals surface area contributed by atoms with Gasteiger partial charge in [-0.15, -0.1) is 0 Å². The van der Waals surface area contributed by atoms with E-state index in [-0.39, 0.29) is 11.5 Å². The lowest BCUT2D eigenvalue weighted by atomic mass is 10.1. The summed E-state index contributed by atoms with van der Waals surface area (Å²) in [4.78, 5) is 4.27. The smallest absolute Gasteiger partial charge is 0.162 e. The van der Waals surface area contributed by atoms with E-state index >= 15 is 0 Å². The van der Waals surface area contributed by atoms with Gasteiger partial charge in [0.05, 0.1) is 36.7 Å². The van der Waals surface area contributed by atoms with Crippen LogP contribution in [-0.2, 0) is 0 Å². The van der Waals surface area contributed by atoms with Gasteiger partial charge in [-0.1, -0.05) is 0 Å². The Kier molecular flexibility index (Phi) is 4.18. The van der Waals surface area contributed by atoms with Gasteiger partial charge in [0.2, 0.25) is 0 Å². The first kappa shape index (κ1) is 16.2. The van der Waals surface area contributed by atoms with E-state index in [4.69, 9.17) is 9.47 Å². The molecule has 0 saturated carbocycles. The topological polar surface area (TPSA) is 108 Å². The number of hydrogen-bond acceptors (Lipinski definition) is 7. The minimum Gasteiger partial charge on any atom is -0.508 e. The number of fused-ring (bicyclic) bond motifs is 1. The van der Waals surface area contributed by atoms with E-state index in [0.29, 0.717) is 39.3 Å². The number of nitriles is 1. The summed E-state index contributed by atoms with van der Waals surface area (Å²) in [6.07, 6.45) is 1.44. The van der Waals surface area contributed by atoms with Crippen LogP contribution >= 0.6 is 0 Å². The average molecular weight is 337 g/mol. The third-order valence-electron chi connectivity index (χ3n) is 3.73. The maximum atomic E-state index is 10.0. The van der Waals surface area contributed by atoms with E-state index in [1.54, 1.807) is 12.1 Å². The number of phenols is 2. The zero-order valence-corrected chi connectivity index (χ0v) is 13.6. The summed E-state index contributed by atoms with van der Waals surface area (Å²) < 4.78 is 10.6. The number of methoxy groups -OCH3 is 2. The molecular weight excluding hydrogens is 322 g/mol. The molecule has 0 saturated heterocycles.